The third kappa shape index (κ3) is 4.74. The number of nitrogens with zero attached hydrogens (tertiary/aromatic N) is 3. The molecule has 0 spiro atoms. The second-order valence-corrected chi connectivity index (χ2v) is 6.81. The van der Waals surface area contributed by atoms with E-state index in [2.05, 4.69) is 4.98 Å². The number of aryl methyl sites for hydroxylation is 1. The molecule has 29 heavy (non-hydrogen) atoms. The molecule has 0 saturated carbocycles. The van der Waals surface area contributed by atoms with Crippen molar-refractivity contribution in [2.75, 3.05) is 21.3 Å². The maximum Gasteiger partial charge on any atom is 0.261 e. The lowest BCUT2D eigenvalue weighted by Gasteiger charge is -2.17. The van der Waals surface area contributed by atoms with Crippen molar-refractivity contribution < 1.29 is 14.3 Å². The summed E-state index contributed by atoms with van der Waals surface area (Å²) in [6, 6.07) is 13.2. The lowest BCUT2D eigenvalue weighted by atomic mass is 10.2. The molecule has 2 aromatic carbocycles. The first-order valence-electron chi connectivity index (χ1n) is 9.42. The highest BCUT2D eigenvalue weighted by atomic mass is 16.5. The van der Waals surface area contributed by atoms with Crippen LogP contribution in [0.4, 0.5) is 0 Å². The van der Waals surface area contributed by atoms with Gasteiger partial charge in [0.05, 0.1) is 31.4 Å². The van der Waals surface area contributed by atoms with Crippen molar-refractivity contribution in [3.05, 3.63) is 64.7 Å². The van der Waals surface area contributed by atoms with E-state index in [0.29, 0.717) is 48.3 Å². The van der Waals surface area contributed by atoms with Crippen LogP contribution < -0.4 is 15.0 Å². The summed E-state index contributed by atoms with van der Waals surface area (Å²) >= 11 is 0. The largest absolute Gasteiger partial charge is 0.493 e. The van der Waals surface area contributed by atoms with Gasteiger partial charge in [-0.1, -0.05) is 30.3 Å². The van der Waals surface area contributed by atoms with E-state index in [1.54, 1.807) is 24.1 Å². The Morgan fingerprint density at radius 2 is 1.79 bits per heavy atom. The van der Waals surface area contributed by atoms with Crippen molar-refractivity contribution >= 4 is 16.8 Å². The highest BCUT2D eigenvalue weighted by Gasteiger charge is 2.12. The first-order chi connectivity index (χ1) is 14.0. The van der Waals surface area contributed by atoms with Gasteiger partial charge in [0.15, 0.2) is 11.5 Å². The lowest BCUT2D eigenvalue weighted by molar-refractivity contribution is -0.130. The zero-order valence-corrected chi connectivity index (χ0v) is 16.9. The second kappa shape index (κ2) is 9.23. The molecule has 3 aromatic rings. The number of hydrogen-bond acceptors (Lipinski definition) is 5. The van der Waals surface area contributed by atoms with E-state index in [1.165, 1.54) is 25.1 Å². The number of rotatable bonds is 8. The smallest absolute Gasteiger partial charge is 0.261 e. The van der Waals surface area contributed by atoms with Crippen molar-refractivity contribution in [2.45, 2.75) is 25.9 Å². The van der Waals surface area contributed by atoms with Gasteiger partial charge in [-0.3, -0.25) is 14.2 Å². The molecule has 3 rings (SSSR count). The SMILES string of the molecule is COc1cc2ncn(CCCC(=O)N(C)Cc3ccccc3)c(=O)c2cc1OC. The van der Waals surface area contributed by atoms with Gasteiger partial charge in [0, 0.05) is 32.6 Å². The fourth-order valence-corrected chi connectivity index (χ4v) is 3.18. The highest BCUT2D eigenvalue weighted by Crippen LogP contribution is 2.29. The zero-order chi connectivity index (χ0) is 20.8. The van der Waals surface area contributed by atoms with Crippen LogP contribution in [0.2, 0.25) is 0 Å². The fraction of sp³-hybridized carbons (Fsp3) is 0.318. The number of hydrogen-bond donors (Lipinski definition) is 0. The Kier molecular flexibility index (Phi) is 6.49. The van der Waals surface area contributed by atoms with Gasteiger partial charge >= 0.3 is 0 Å². The molecule has 0 aliphatic rings. The molecular formula is C22H25N3O4. The maximum atomic E-state index is 12.8. The molecule has 0 atom stereocenters. The van der Waals surface area contributed by atoms with E-state index in [1.807, 2.05) is 30.3 Å². The normalized spacial score (nSPS) is 10.7. The summed E-state index contributed by atoms with van der Waals surface area (Å²) in [5, 5.41) is 0.456. The lowest BCUT2D eigenvalue weighted by Crippen LogP contribution is -2.27. The van der Waals surface area contributed by atoms with Crippen LogP contribution in [0, 0.1) is 0 Å². The molecule has 7 heteroatoms. The Labute approximate surface area is 169 Å². The molecule has 1 amide bonds. The van der Waals surface area contributed by atoms with E-state index < -0.39 is 0 Å². The van der Waals surface area contributed by atoms with E-state index >= 15 is 0 Å². The zero-order valence-electron chi connectivity index (χ0n) is 16.9. The summed E-state index contributed by atoms with van der Waals surface area (Å²) in [5.74, 6) is 1.05. The summed E-state index contributed by atoms with van der Waals surface area (Å²) in [7, 11) is 4.85. The minimum absolute atomic E-state index is 0.0436. The van der Waals surface area contributed by atoms with Crippen LogP contribution in [0.15, 0.2) is 53.6 Å². The first-order valence-corrected chi connectivity index (χ1v) is 9.42. The third-order valence-electron chi connectivity index (χ3n) is 4.81. The quantitative estimate of drug-likeness (QED) is 0.586. The van der Waals surface area contributed by atoms with E-state index in [4.69, 9.17) is 9.47 Å². The molecule has 0 radical (unpaired) electrons. The Morgan fingerprint density at radius 3 is 2.48 bits per heavy atom. The monoisotopic (exact) mass is 395 g/mol. The van der Waals surface area contributed by atoms with Crippen LogP contribution in [-0.2, 0) is 17.9 Å². The van der Waals surface area contributed by atoms with Gasteiger partial charge in [0.1, 0.15) is 0 Å². The fourth-order valence-electron chi connectivity index (χ4n) is 3.18. The minimum atomic E-state index is -0.166. The number of amides is 1. The van der Waals surface area contributed by atoms with Gasteiger partial charge in [-0.2, -0.15) is 0 Å². The molecule has 7 nitrogen and oxygen atoms in total. The number of methoxy groups -OCH3 is 2. The predicted molar refractivity (Wildman–Crippen MR) is 111 cm³/mol. The summed E-state index contributed by atoms with van der Waals surface area (Å²) in [5.41, 5.74) is 1.46. The Bertz CT molecular complexity index is 1050. The van der Waals surface area contributed by atoms with Crippen LogP contribution in [0.3, 0.4) is 0 Å². The first kappa shape index (κ1) is 20.4. The molecule has 152 valence electrons. The van der Waals surface area contributed by atoms with Gasteiger partial charge in [0.2, 0.25) is 5.91 Å². The number of fused-ring (bicyclic) bond motifs is 1. The van der Waals surface area contributed by atoms with Crippen molar-refractivity contribution in [3.8, 4) is 11.5 Å². The van der Waals surface area contributed by atoms with Gasteiger partial charge < -0.3 is 14.4 Å². The molecule has 0 saturated heterocycles. The van der Waals surface area contributed by atoms with Crippen LogP contribution in [-0.4, -0.2) is 41.6 Å². The summed E-state index contributed by atoms with van der Waals surface area (Å²) in [6.45, 7) is 0.986. The van der Waals surface area contributed by atoms with E-state index in [-0.39, 0.29) is 11.5 Å². The van der Waals surface area contributed by atoms with Crippen molar-refractivity contribution in [1.82, 2.24) is 14.5 Å². The third-order valence-corrected chi connectivity index (χ3v) is 4.81. The van der Waals surface area contributed by atoms with Crippen molar-refractivity contribution in [3.63, 3.8) is 0 Å². The van der Waals surface area contributed by atoms with E-state index in [9.17, 15) is 9.59 Å². The number of ether oxygens (including phenoxy) is 2. The number of carbonyl (C=O) groups excluding carboxylic acids is 1. The van der Waals surface area contributed by atoms with Gasteiger partial charge in [-0.15, -0.1) is 0 Å². The van der Waals surface area contributed by atoms with E-state index in [0.717, 1.165) is 5.56 Å². The summed E-state index contributed by atoms with van der Waals surface area (Å²) in [4.78, 5) is 31.2. The van der Waals surface area contributed by atoms with Gasteiger partial charge in [-0.05, 0) is 18.1 Å². The summed E-state index contributed by atoms with van der Waals surface area (Å²) in [6.07, 6.45) is 2.42. The molecule has 0 aliphatic carbocycles. The minimum Gasteiger partial charge on any atom is -0.493 e. The Hall–Kier alpha value is -3.35. The van der Waals surface area contributed by atoms with Crippen LogP contribution in [0.25, 0.3) is 10.9 Å². The van der Waals surface area contributed by atoms with Crippen LogP contribution in [0.5, 0.6) is 11.5 Å². The average molecular weight is 395 g/mol. The molecular weight excluding hydrogens is 370 g/mol. The average Bonchev–Trinajstić information content (AvgIpc) is 2.75. The molecule has 1 heterocycles. The maximum absolute atomic E-state index is 12.8. The molecule has 0 bridgehead atoms. The van der Waals surface area contributed by atoms with Crippen molar-refractivity contribution in [1.29, 1.82) is 0 Å². The molecule has 0 fully saturated rings. The Morgan fingerprint density at radius 1 is 1.10 bits per heavy atom. The standard InChI is InChI=1S/C22H25N3O4/c1-24(14-16-8-5-4-6-9-16)21(26)10-7-11-25-15-23-18-13-20(29-3)19(28-2)12-17(18)22(25)27/h4-6,8-9,12-13,15H,7,10-11,14H2,1-3H3. The number of benzene rings is 2. The molecule has 0 unspecified atom stereocenters. The second-order valence-electron chi connectivity index (χ2n) is 6.81. The van der Waals surface area contributed by atoms with Gasteiger partial charge in [-0.25, -0.2) is 4.98 Å². The number of aromatic nitrogens is 2. The highest BCUT2D eigenvalue weighted by molar-refractivity contribution is 5.81. The predicted octanol–water partition coefficient (Wildman–Crippen LogP) is 2.85. The molecule has 0 N–H and O–H groups in total. The van der Waals surface area contributed by atoms with Gasteiger partial charge in [0.25, 0.3) is 5.56 Å². The van der Waals surface area contributed by atoms with Crippen molar-refractivity contribution in [2.24, 2.45) is 0 Å². The Balaban J connectivity index is 1.65. The molecule has 1 aromatic heterocycles. The number of carbonyl (C=O) groups is 1. The summed E-state index contributed by atoms with van der Waals surface area (Å²) < 4.78 is 12.1. The molecule has 0 aliphatic heterocycles. The van der Waals surface area contributed by atoms with Crippen LogP contribution >= 0.6 is 0 Å². The topological polar surface area (TPSA) is 73.7 Å². The van der Waals surface area contributed by atoms with Crippen LogP contribution in [0.1, 0.15) is 18.4 Å².